The molecule has 0 saturated carbocycles. The molecule has 110 valence electrons. The first-order valence-electron chi connectivity index (χ1n) is 6.73. The van der Waals surface area contributed by atoms with Crippen molar-refractivity contribution in [1.29, 1.82) is 0 Å². The van der Waals surface area contributed by atoms with E-state index in [2.05, 4.69) is 0 Å². The van der Waals surface area contributed by atoms with Crippen molar-refractivity contribution in [3.05, 3.63) is 81.8 Å². The molecule has 0 aliphatic carbocycles. The second-order valence-corrected chi connectivity index (χ2v) is 5.92. The Morgan fingerprint density at radius 2 is 1.32 bits per heavy atom. The molecule has 1 aliphatic heterocycles. The molecule has 2 aromatic rings. The maximum absolute atomic E-state index is 12.9. The minimum Gasteiger partial charge on any atom is -0.288 e. The molecular weight excluding hydrogens is 302 g/mol. The first-order valence-corrected chi connectivity index (χ1v) is 7.71. The van der Waals surface area contributed by atoms with Crippen LogP contribution in [0.5, 0.6) is 0 Å². The van der Waals surface area contributed by atoms with E-state index in [1.807, 2.05) is 0 Å². The fraction of sp³-hybridized carbons (Fsp3) is 0.0556. The molecule has 22 heavy (non-hydrogen) atoms. The summed E-state index contributed by atoms with van der Waals surface area (Å²) in [5.74, 6) is -0.0438. The minimum absolute atomic E-state index is 0.0290. The zero-order valence-electron chi connectivity index (χ0n) is 11.6. The van der Waals surface area contributed by atoms with Crippen LogP contribution in [0.2, 0.25) is 0 Å². The average Bonchev–Trinajstić information content (AvgIpc) is 2.85. The summed E-state index contributed by atoms with van der Waals surface area (Å²) in [6.07, 6.45) is 3.54. The smallest absolute Gasteiger partial charge is 0.196 e. The highest BCUT2D eigenvalue weighted by Crippen LogP contribution is 2.33. The van der Waals surface area contributed by atoms with Crippen molar-refractivity contribution in [2.24, 2.45) is 0 Å². The molecule has 1 heterocycles. The van der Waals surface area contributed by atoms with Crippen LogP contribution in [-0.2, 0) is 4.79 Å². The van der Waals surface area contributed by atoms with Crippen LogP contribution in [0.3, 0.4) is 0 Å². The number of halogens is 2. The van der Waals surface area contributed by atoms with E-state index in [0.29, 0.717) is 16.2 Å². The zero-order chi connectivity index (χ0) is 15.5. The van der Waals surface area contributed by atoms with Crippen LogP contribution in [-0.4, -0.2) is 11.5 Å². The molecule has 0 aromatic heterocycles. The van der Waals surface area contributed by atoms with E-state index < -0.39 is 0 Å². The van der Waals surface area contributed by atoms with Crippen LogP contribution in [0, 0.1) is 11.6 Å². The van der Waals surface area contributed by atoms with Crippen LogP contribution in [0.25, 0.3) is 12.2 Å². The van der Waals surface area contributed by atoms with Gasteiger partial charge in [0.2, 0.25) is 0 Å². The number of ketones is 1. The minimum atomic E-state index is -0.301. The Kier molecular flexibility index (Phi) is 4.20. The fourth-order valence-corrected chi connectivity index (χ4v) is 3.14. The monoisotopic (exact) mass is 314 g/mol. The highest BCUT2D eigenvalue weighted by molar-refractivity contribution is 8.05. The van der Waals surface area contributed by atoms with E-state index in [1.54, 1.807) is 36.4 Å². The summed E-state index contributed by atoms with van der Waals surface area (Å²) in [6.45, 7) is 0. The lowest BCUT2D eigenvalue weighted by Gasteiger charge is -1.97. The summed E-state index contributed by atoms with van der Waals surface area (Å²) >= 11 is 1.46. The van der Waals surface area contributed by atoms with Gasteiger partial charge in [-0.15, -0.1) is 11.8 Å². The van der Waals surface area contributed by atoms with Gasteiger partial charge in [-0.3, -0.25) is 4.79 Å². The number of allylic oxidation sites excluding steroid dienone is 1. The lowest BCUT2D eigenvalue weighted by molar-refractivity contribution is -0.111. The SMILES string of the molecule is O=C1/C(=C/c2ccc(F)cc2)CS/C1=C\c1ccc(F)cc1. The lowest BCUT2D eigenvalue weighted by Crippen LogP contribution is -1.96. The largest absolute Gasteiger partial charge is 0.288 e. The molecule has 0 radical (unpaired) electrons. The van der Waals surface area contributed by atoms with E-state index in [1.165, 1.54) is 36.0 Å². The molecule has 1 aliphatic rings. The molecule has 4 heteroatoms. The fourth-order valence-electron chi connectivity index (χ4n) is 2.13. The van der Waals surface area contributed by atoms with Crippen molar-refractivity contribution in [3.8, 4) is 0 Å². The molecule has 1 nitrogen and oxygen atoms in total. The standard InChI is InChI=1S/C18H12F2OS/c19-15-5-1-12(2-6-15)9-14-11-22-17(18(14)21)10-13-3-7-16(20)8-4-13/h1-10H,11H2/b14-9+,17-10-. The van der Waals surface area contributed by atoms with Gasteiger partial charge in [0, 0.05) is 11.3 Å². The van der Waals surface area contributed by atoms with Crippen molar-refractivity contribution < 1.29 is 13.6 Å². The molecule has 0 atom stereocenters. The van der Waals surface area contributed by atoms with E-state index in [4.69, 9.17) is 0 Å². The highest BCUT2D eigenvalue weighted by atomic mass is 32.2. The first kappa shape index (κ1) is 14.7. The Hall–Kier alpha value is -2.20. The van der Waals surface area contributed by atoms with Gasteiger partial charge in [-0.05, 0) is 47.5 Å². The van der Waals surface area contributed by atoms with Crippen molar-refractivity contribution in [2.75, 3.05) is 5.75 Å². The summed E-state index contributed by atoms with van der Waals surface area (Å²) < 4.78 is 25.8. The number of hydrogen-bond donors (Lipinski definition) is 0. The summed E-state index contributed by atoms with van der Waals surface area (Å²) in [5, 5.41) is 0. The molecule has 1 saturated heterocycles. The topological polar surface area (TPSA) is 17.1 Å². The summed E-state index contributed by atoms with van der Waals surface area (Å²) in [5.41, 5.74) is 2.28. The Bertz CT molecular complexity index is 693. The Balaban J connectivity index is 1.82. The quantitative estimate of drug-likeness (QED) is 0.747. The third-order valence-electron chi connectivity index (χ3n) is 3.28. The molecular formula is C18H12F2OS. The van der Waals surface area contributed by atoms with Gasteiger partial charge in [-0.1, -0.05) is 24.3 Å². The molecule has 0 bridgehead atoms. The first-order chi connectivity index (χ1) is 10.6. The number of rotatable bonds is 2. The average molecular weight is 314 g/mol. The van der Waals surface area contributed by atoms with Gasteiger partial charge in [0.15, 0.2) is 5.78 Å². The van der Waals surface area contributed by atoms with Crippen molar-refractivity contribution in [2.45, 2.75) is 0 Å². The van der Waals surface area contributed by atoms with E-state index in [-0.39, 0.29) is 17.4 Å². The van der Waals surface area contributed by atoms with Crippen LogP contribution < -0.4 is 0 Å². The Morgan fingerprint density at radius 1 is 0.818 bits per heavy atom. The number of hydrogen-bond acceptors (Lipinski definition) is 2. The summed E-state index contributed by atoms with van der Waals surface area (Å²) in [7, 11) is 0. The van der Waals surface area contributed by atoms with Crippen molar-refractivity contribution in [1.82, 2.24) is 0 Å². The predicted octanol–water partition coefficient (Wildman–Crippen LogP) is 4.71. The Labute approximate surface area is 131 Å². The van der Waals surface area contributed by atoms with Crippen LogP contribution in [0.1, 0.15) is 11.1 Å². The molecule has 0 N–H and O–H groups in total. The normalized spacial score (nSPS) is 18.4. The van der Waals surface area contributed by atoms with Gasteiger partial charge in [0.25, 0.3) is 0 Å². The van der Waals surface area contributed by atoms with Crippen molar-refractivity contribution >= 4 is 29.7 Å². The molecule has 0 spiro atoms. The number of Topliss-reactive ketones (excluding diaryl/α,β-unsaturated/α-hetero) is 1. The molecule has 1 fully saturated rings. The second-order valence-electron chi connectivity index (χ2n) is 4.90. The number of thioether (sulfide) groups is 1. The molecule has 0 amide bonds. The predicted molar refractivity (Wildman–Crippen MR) is 86.2 cm³/mol. The number of carbonyl (C=O) groups is 1. The summed E-state index contributed by atoms with van der Waals surface area (Å²) in [4.78, 5) is 13.0. The molecule has 0 unspecified atom stereocenters. The maximum Gasteiger partial charge on any atom is 0.196 e. The third kappa shape index (κ3) is 3.34. The third-order valence-corrected chi connectivity index (χ3v) is 4.35. The van der Waals surface area contributed by atoms with Gasteiger partial charge >= 0.3 is 0 Å². The maximum atomic E-state index is 12.9. The molecule has 2 aromatic carbocycles. The van der Waals surface area contributed by atoms with E-state index in [9.17, 15) is 13.6 Å². The van der Waals surface area contributed by atoms with Gasteiger partial charge in [-0.25, -0.2) is 8.78 Å². The summed E-state index contributed by atoms with van der Waals surface area (Å²) in [6, 6.07) is 12.0. The number of benzene rings is 2. The second kappa shape index (κ2) is 6.28. The van der Waals surface area contributed by atoms with E-state index >= 15 is 0 Å². The van der Waals surface area contributed by atoms with Crippen molar-refractivity contribution in [3.63, 3.8) is 0 Å². The zero-order valence-corrected chi connectivity index (χ0v) is 12.4. The van der Waals surface area contributed by atoms with Gasteiger partial charge in [0.05, 0.1) is 4.91 Å². The number of carbonyl (C=O) groups excluding carboxylic acids is 1. The van der Waals surface area contributed by atoms with Gasteiger partial charge in [-0.2, -0.15) is 0 Å². The van der Waals surface area contributed by atoms with Gasteiger partial charge < -0.3 is 0 Å². The highest BCUT2D eigenvalue weighted by Gasteiger charge is 2.23. The van der Waals surface area contributed by atoms with E-state index in [0.717, 1.165) is 11.1 Å². The van der Waals surface area contributed by atoms with Crippen LogP contribution in [0.4, 0.5) is 8.78 Å². The van der Waals surface area contributed by atoms with Gasteiger partial charge in [0.1, 0.15) is 11.6 Å². The van der Waals surface area contributed by atoms with Crippen LogP contribution in [0.15, 0.2) is 59.0 Å². The molecule has 3 rings (SSSR count). The van der Waals surface area contributed by atoms with Crippen LogP contribution >= 0.6 is 11.8 Å². The Morgan fingerprint density at radius 3 is 1.86 bits per heavy atom. The lowest BCUT2D eigenvalue weighted by atomic mass is 10.1.